The summed E-state index contributed by atoms with van der Waals surface area (Å²) in [4.78, 5) is 25.5. The molecular weight excluding hydrogens is 420 g/mol. The molecule has 2 N–H and O–H groups in total. The first-order chi connectivity index (χ1) is 16.0. The molecule has 3 rings (SSSR count). The number of rotatable bonds is 10. The van der Waals surface area contributed by atoms with Gasteiger partial charge < -0.3 is 24.8 Å². The zero-order chi connectivity index (χ0) is 23.6. The van der Waals surface area contributed by atoms with Gasteiger partial charge in [-0.15, -0.1) is 0 Å². The van der Waals surface area contributed by atoms with Crippen LogP contribution in [0.3, 0.4) is 0 Å². The second-order valence-corrected chi connectivity index (χ2v) is 7.15. The number of para-hydroxylation sites is 1. The highest BCUT2D eigenvalue weighted by atomic mass is 16.5. The Morgan fingerprint density at radius 1 is 0.848 bits per heavy atom. The molecule has 33 heavy (non-hydrogen) atoms. The lowest BCUT2D eigenvalue weighted by molar-refractivity contribution is 0.0955. The highest BCUT2D eigenvalue weighted by molar-refractivity contribution is 6.09. The van der Waals surface area contributed by atoms with E-state index < -0.39 is 0 Å². The van der Waals surface area contributed by atoms with Gasteiger partial charge in [-0.2, -0.15) is 0 Å². The highest BCUT2D eigenvalue weighted by Crippen LogP contribution is 2.27. The first kappa shape index (κ1) is 23.7. The SMILES string of the molecule is CCOc1ccc(C(=O)Nc2ccccc2C(=O)NCCc2ccc(OC)c(OC)c2)cc1. The van der Waals surface area contributed by atoms with Crippen LogP contribution in [-0.2, 0) is 6.42 Å². The smallest absolute Gasteiger partial charge is 0.255 e. The van der Waals surface area contributed by atoms with Gasteiger partial charge in [-0.3, -0.25) is 9.59 Å². The van der Waals surface area contributed by atoms with Gasteiger partial charge in [0.15, 0.2) is 11.5 Å². The maximum atomic E-state index is 12.8. The van der Waals surface area contributed by atoms with Crippen molar-refractivity contribution in [3.63, 3.8) is 0 Å². The first-order valence-corrected chi connectivity index (χ1v) is 10.7. The third kappa shape index (κ3) is 6.26. The van der Waals surface area contributed by atoms with Gasteiger partial charge in [0.25, 0.3) is 11.8 Å². The minimum atomic E-state index is -0.302. The number of nitrogens with one attached hydrogen (secondary N) is 2. The Balaban J connectivity index is 1.62. The van der Waals surface area contributed by atoms with Crippen LogP contribution in [0, 0.1) is 0 Å². The van der Waals surface area contributed by atoms with Crippen LogP contribution in [0.4, 0.5) is 5.69 Å². The normalized spacial score (nSPS) is 10.3. The van der Waals surface area contributed by atoms with Crippen LogP contribution < -0.4 is 24.8 Å². The van der Waals surface area contributed by atoms with Crippen molar-refractivity contribution in [1.29, 1.82) is 0 Å². The number of benzene rings is 3. The molecule has 0 saturated carbocycles. The Morgan fingerprint density at radius 2 is 1.58 bits per heavy atom. The third-order valence-electron chi connectivity index (χ3n) is 4.99. The van der Waals surface area contributed by atoms with E-state index >= 15 is 0 Å². The van der Waals surface area contributed by atoms with Crippen molar-refractivity contribution < 1.29 is 23.8 Å². The standard InChI is InChI=1S/C26H28N2O5/c1-4-33-20-12-10-19(11-13-20)25(29)28-22-8-6-5-7-21(22)26(30)27-16-15-18-9-14-23(31-2)24(17-18)32-3/h5-14,17H,4,15-16H2,1-3H3,(H,27,30)(H,28,29). The van der Waals surface area contributed by atoms with E-state index in [0.29, 0.717) is 53.6 Å². The molecule has 7 heteroatoms. The van der Waals surface area contributed by atoms with E-state index in [9.17, 15) is 9.59 Å². The molecule has 0 saturated heterocycles. The Kier molecular flexibility index (Phi) is 8.30. The molecule has 0 bridgehead atoms. The van der Waals surface area contributed by atoms with Gasteiger partial charge in [0.05, 0.1) is 32.1 Å². The summed E-state index contributed by atoms with van der Waals surface area (Å²) in [6, 6.07) is 19.4. The molecule has 0 aliphatic heterocycles. The van der Waals surface area contributed by atoms with Crippen molar-refractivity contribution in [2.24, 2.45) is 0 Å². The zero-order valence-corrected chi connectivity index (χ0v) is 19.0. The lowest BCUT2D eigenvalue weighted by Crippen LogP contribution is -2.27. The molecule has 0 atom stereocenters. The fourth-order valence-corrected chi connectivity index (χ4v) is 3.31. The quantitative estimate of drug-likeness (QED) is 0.482. The van der Waals surface area contributed by atoms with Crippen molar-refractivity contribution in [3.8, 4) is 17.2 Å². The number of hydrogen-bond donors (Lipinski definition) is 2. The van der Waals surface area contributed by atoms with E-state index in [1.54, 1.807) is 62.8 Å². The van der Waals surface area contributed by atoms with Crippen LogP contribution >= 0.6 is 0 Å². The van der Waals surface area contributed by atoms with Gasteiger partial charge in [-0.25, -0.2) is 0 Å². The van der Waals surface area contributed by atoms with E-state index in [1.807, 2.05) is 25.1 Å². The van der Waals surface area contributed by atoms with Crippen LogP contribution in [-0.4, -0.2) is 39.2 Å². The monoisotopic (exact) mass is 448 g/mol. The average Bonchev–Trinajstić information content (AvgIpc) is 2.84. The van der Waals surface area contributed by atoms with Crippen LogP contribution in [0.5, 0.6) is 17.2 Å². The Hall–Kier alpha value is -4.00. The summed E-state index contributed by atoms with van der Waals surface area (Å²) in [5, 5.41) is 5.73. The summed E-state index contributed by atoms with van der Waals surface area (Å²) in [5.74, 6) is 1.43. The van der Waals surface area contributed by atoms with Gasteiger partial charge in [0, 0.05) is 12.1 Å². The summed E-state index contributed by atoms with van der Waals surface area (Å²) in [7, 11) is 3.17. The number of methoxy groups -OCH3 is 2. The number of anilines is 1. The summed E-state index contributed by atoms with van der Waals surface area (Å²) >= 11 is 0. The molecule has 0 spiro atoms. The molecule has 172 valence electrons. The molecule has 3 aromatic rings. The van der Waals surface area contributed by atoms with E-state index in [2.05, 4.69) is 10.6 Å². The van der Waals surface area contributed by atoms with Crippen molar-refractivity contribution in [3.05, 3.63) is 83.4 Å². The predicted molar refractivity (Wildman–Crippen MR) is 128 cm³/mol. The molecule has 2 amide bonds. The molecule has 3 aromatic carbocycles. The van der Waals surface area contributed by atoms with Crippen LogP contribution in [0.25, 0.3) is 0 Å². The first-order valence-electron chi connectivity index (χ1n) is 10.7. The number of amides is 2. The van der Waals surface area contributed by atoms with Crippen LogP contribution in [0.2, 0.25) is 0 Å². The zero-order valence-electron chi connectivity index (χ0n) is 19.0. The Labute approximate surface area is 193 Å². The number of carbonyl (C=O) groups is 2. The number of hydrogen-bond acceptors (Lipinski definition) is 5. The molecular formula is C26H28N2O5. The molecule has 0 aliphatic carbocycles. The van der Waals surface area contributed by atoms with Crippen molar-refractivity contribution >= 4 is 17.5 Å². The van der Waals surface area contributed by atoms with Crippen molar-refractivity contribution in [1.82, 2.24) is 5.32 Å². The summed E-state index contributed by atoms with van der Waals surface area (Å²) in [5.41, 5.74) is 2.32. The van der Waals surface area contributed by atoms with E-state index in [4.69, 9.17) is 14.2 Å². The molecule has 7 nitrogen and oxygen atoms in total. The Bertz CT molecular complexity index is 1100. The topological polar surface area (TPSA) is 85.9 Å². The second kappa shape index (κ2) is 11.6. The fraction of sp³-hybridized carbons (Fsp3) is 0.231. The fourth-order valence-electron chi connectivity index (χ4n) is 3.31. The minimum Gasteiger partial charge on any atom is -0.494 e. The lowest BCUT2D eigenvalue weighted by atomic mass is 10.1. The van der Waals surface area contributed by atoms with Gasteiger partial charge in [0.1, 0.15) is 5.75 Å². The van der Waals surface area contributed by atoms with Crippen LogP contribution in [0.1, 0.15) is 33.2 Å². The van der Waals surface area contributed by atoms with Crippen molar-refractivity contribution in [2.75, 3.05) is 32.7 Å². The highest BCUT2D eigenvalue weighted by Gasteiger charge is 2.14. The third-order valence-corrected chi connectivity index (χ3v) is 4.99. The summed E-state index contributed by atoms with van der Waals surface area (Å²) in [6.45, 7) is 2.88. The largest absolute Gasteiger partial charge is 0.494 e. The van der Waals surface area contributed by atoms with E-state index in [1.165, 1.54) is 0 Å². The molecule has 0 fully saturated rings. The van der Waals surface area contributed by atoms with Gasteiger partial charge in [-0.05, 0) is 67.4 Å². The summed E-state index contributed by atoms with van der Waals surface area (Å²) < 4.78 is 16.0. The van der Waals surface area contributed by atoms with Gasteiger partial charge in [-0.1, -0.05) is 18.2 Å². The Morgan fingerprint density at radius 3 is 2.27 bits per heavy atom. The number of ether oxygens (including phenoxy) is 3. The average molecular weight is 449 g/mol. The van der Waals surface area contributed by atoms with Crippen LogP contribution in [0.15, 0.2) is 66.7 Å². The van der Waals surface area contributed by atoms with E-state index in [-0.39, 0.29) is 11.8 Å². The molecule has 0 heterocycles. The molecule has 0 aromatic heterocycles. The van der Waals surface area contributed by atoms with E-state index in [0.717, 1.165) is 5.56 Å². The lowest BCUT2D eigenvalue weighted by Gasteiger charge is -2.13. The summed E-state index contributed by atoms with van der Waals surface area (Å²) in [6.07, 6.45) is 0.618. The second-order valence-electron chi connectivity index (χ2n) is 7.15. The minimum absolute atomic E-state index is 0.266. The maximum Gasteiger partial charge on any atom is 0.255 e. The molecule has 0 unspecified atom stereocenters. The molecule has 0 aliphatic rings. The number of carbonyl (C=O) groups excluding carboxylic acids is 2. The predicted octanol–water partition coefficient (Wildman–Crippen LogP) is 4.33. The van der Waals surface area contributed by atoms with Gasteiger partial charge in [0.2, 0.25) is 0 Å². The molecule has 0 radical (unpaired) electrons. The van der Waals surface area contributed by atoms with Gasteiger partial charge >= 0.3 is 0 Å². The maximum absolute atomic E-state index is 12.8. The van der Waals surface area contributed by atoms with Crippen molar-refractivity contribution in [2.45, 2.75) is 13.3 Å².